The van der Waals surface area contributed by atoms with Crippen LogP contribution in [0.4, 0.5) is 8.78 Å². The van der Waals surface area contributed by atoms with Crippen LogP contribution in [0.3, 0.4) is 0 Å². The monoisotopic (exact) mass is 670 g/mol. The van der Waals surface area contributed by atoms with Crippen molar-refractivity contribution >= 4 is 11.8 Å². The first-order valence-electron chi connectivity index (χ1n) is 15.7. The van der Waals surface area contributed by atoms with Crippen molar-refractivity contribution in [2.45, 2.75) is 37.5 Å². The Morgan fingerprint density at radius 1 is 1.02 bits per heavy atom. The minimum absolute atomic E-state index is 0.0166. The SMILES string of the molecule is COc1cccc([C@@H]2OC(c3ccc(OCCCO)cc3)=N[C@]2(Cc2ccccc2CN=[N+]=[N-])C(=O)NNCCc2cc(F)cc(F)c2)c1. The third-order valence-electron chi connectivity index (χ3n) is 7.97. The number of aliphatic hydroxyl groups is 1. The molecule has 13 heteroatoms. The zero-order valence-corrected chi connectivity index (χ0v) is 26.8. The van der Waals surface area contributed by atoms with E-state index in [1.54, 1.807) is 49.6 Å². The Labute approximate surface area is 282 Å². The van der Waals surface area contributed by atoms with Crippen molar-refractivity contribution < 1.29 is 32.9 Å². The molecule has 0 radical (unpaired) electrons. The Kier molecular flexibility index (Phi) is 11.8. The molecule has 0 aliphatic carbocycles. The number of hydrogen-bond acceptors (Lipinski definition) is 8. The van der Waals surface area contributed by atoms with Crippen LogP contribution in [0.2, 0.25) is 0 Å². The van der Waals surface area contributed by atoms with Crippen LogP contribution in [0.25, 0.3) is 10.4 Å². The third-order valence-corrected chi connectivity index (χ3v) is 7.97. The van der Waals surface area contributed by atoms with Crippen molar-refractivity contribution in [2.24, 2.45) is 10.1 Å². The fourth-order valence-corrected chi connectivity index (χ4v) is 5.58. The normalized spacial score (nSPS) is 16.7. The Balaban J connectivity index is 1.53. The quantitative estimate of drug-likeness (QED) is 0.0444. The number of amides is 1. The van der Waals surface area contributed by atoms with Gasteiger partial charge in [-0.1, -0.05) is 41.5 Å². The molecule has 0 saturated carbocycles. The van der Waals surface area contributed by atoms with Gasteiger partial charge in [0.15, 0.2) is 11.6 Å². The van der Waals surface area contributed by atoms with Gasteiger partial charge < -0.3 is 19.3 Å². The maximum absolute atomic E-state index is 14.5. The van der Waals surface area contributed by atoms with E-state index in [1.807, 2.05) is 30.3 Å². The Hall–Kier alpha value is -5.49. The van der Waals surface area contributed by atoms with Gasteiger partial charge in [0.1, 0.15) is 23.1 Å². The van der Waals surface area contributed by atoms with Crippen LogP contribution in [-0.2, 0) is 28.9 Å². The molecular weight excluding hydrogens is 634 g/mol. The molecule has 4 aromatic rings. The topological polar surface area (TPSA) is 150 Å². The van der Waals surface area contributed by atoms with Gasteiger partial charge in [-0.15, -0.1) is 0 Å². The highest BCUT2D eigenvalue weighted by Gasteiger charge is 2.53. The van der Waals surface area contributed by atoms with Crippen LogP contribution >= 0.6 is 0 Å². The molecule has 254 valence electrons. The van der Waals surface area contributed by atoms with Gasteiger partial charge in [0.2, 0.25) is 5.90 Å². The number of nitrogens with zero attached hydrogens (tertiary/aromatic N) is 4. The maximum atomic E-state index is 14.5. The molecular formula is C36H36F2N6O5. The average molecular weight is 671 g/mol. The number of nitrogens with one attached hydrogen (secondary N) is 2. The molecule has 0 fully saturated rings. The zero-order valence-electron chi connectivity index (χ0n) is 26.8. The van der Waals surface area contributed by atoms with Gasteiger partial charge in [-0.2, -0.15) is 0 Å². The lowest BCUT2D eigenvalue weighted by Crippen LogP contribution is -2.54. The highest BCUT2D eigenvalue weighted by Crippen LogP contribution is 2.43. The Bertz CT molecular complexity index is 1810. The number of rotatable bonds is 16. The summed E-state index contributed by atoms with van der Waals surface area (Å²) in [6.07, 6.45) is -0.162. The molecule has 11 nitrogen and oxygen atoms in total. The predicted molar refractivity (Wildman–Crippen MR) is 179 cm³/mol. The number of hydrogen-bond donors (Lipinski definition) is 3. The average Bonchev–Trinajstić information content (AvgIpc) is 3.50. The van der Waals surface area contributed by atoms with E-state index in [-0.39, 0.29) is 38.4 Å². The van der Waals surface area contributed by atoms with Crippen molar-refractivity contribution in [3.63, 3.8) is 0 Å². The fourth-order valence-electron chi connectivity index (χ4n) is 5.58. The molecule has 49 heavy (non-hydrogen) atoms. The van der Waals surface area contributed by atoms with E-state index in [0.29, 0.717) is 46.8 Å². The fraction of sp³-hybridized carbons (Fsp3) is 0.278. The zero-order chi connectivity index (χ0) is 34.6. The second-order valence-corrected chi connectivity index (χ2v) is 11.3. The van der Waals surface area contributed by atoms with Gasteiger partial charge in [-0.25, -0.2) is 19.2 Å². The molecule has 0 aromatic heterocycles. The van der Waals surface area contributed by atoms with Crippen LogP contribution < -0.4 is 20.3 Å². The molecule has 0 unspecified atom stereocenters. The number of benzene rings is 4. The van der Waals surface area contributed by atoms with Crippen LogP contribution in [0, 0.1) is 11.6 Å². The van der Waals surface area contributed by atoms with Gasteiger partial charge in [0.25, 0.3) is 5.91 Å². The molecule has 1 heterocycles. The lowest BCUT2D eigenvalue weighted by molar-refractivity contribution is -0.130. The number of aliphatic imine (C=N–C) groups is 1. The van der Waals surface area contributed by atoms with Crippen molar-refractivity contribution in [3.05, 3.63) is 141 Å². The molecule has 2 atom stereocenters. The molecule has 5 rings (SSSR count). The lowest BCUT2D eigenvalue weighted by Gasteiger charge is -2.31. The number of carbonyl (C=O) groups is 1. The van der Waals surface area contributed by atoms with Crippen molar-refractivity contribution in [1.82, 2.24) is 10.9 Å². The minimum atomic E-state index is -1.59. The number of methoxy groups -OCH3 is 1. The molecule has 0 spiro atoms. The molecule has 0 saturated heterocycles. The smallest absolute Gasteiger partial charge is 0.266 e. The first-order valence-corrected chi connectivity index (χ1v) is 15.7. The number of ether oxygens (including phenoxy) is 3. The number of halogens is 2. The summed E-state index contributed by atoms with van der Waals surface area (Å²) >= 11 is 0. The van der Waals surface area contributed by atoms with Crippen molar-refractivity contribution in [2.75, 3.05) is 26.9 Å². The summed E-state index contributed by atoms with van der Waals surface area (Å²) in [6.45, 7) is 0.594. The largest absolute Gasteiger partial charge is 0.497 e. The minimum Gasteiger partial charge on any atom is -0.497 e. The molecule has 1 aliphatic heterocycles. The highest BCUT2D eigenvalue weighted by molar-refractivity contribution is 6.01. The molecule has 4 aromatic carbocycles. The number of hydrazine groups is 1. The first-order chi connectivity index (χ1) is 23.8. The van der Waals surface area contributed by atoms with Crippen LogP contribution in [0.1, 0.15) is 40.3 Å². The van der Waals surface area contributed by atoms with E-state index in [1.165, 1.54) is 12.1 Å². The van der Waals surface area contributed by atoms with E-state index in [9.17, 15) is 13.6 Å². The molecule has 1 amide bonds. The van der Waals surface area contributed by atoms with E-state index < -0.39 is 29.2 Å². The highest BCUT2D eigenvalue weighted by atomic mass is 19.1. The maximum Gasteiger partial charge on any atom is 0.266 e. The van der Waals surface area contributed by atoms with Gasteiger partial charge in [0, 0.05) is 42.5 Å². The number of azide groups is 1. The van der Waals surface area contributed by atoms with Crippen LogP contribution in [0.15, 0.2) is 101 Å². The summed E-state index contributed by atoms with van der Waals surface area (Å²) in [4.78, 5) is 22.4. The van der Waals surface area contributed by atoms with E-state index in [4.69, 9.17) is 29.8 Å². The predicted octanol–water partition coefficient (Wildman–Crippen LogP) is 5.91. The van der Waals surface area contributed by atoms with E-state index in [2.05, 4.69) is 20.9 Å². The third kappa shape index (κ3) is 8.71. The molecule has 3 N–H and O–H groups in total. The summed E-state index contributed by atoms with van der Waals surface area (Å²) in [5.74, 6) is -0.534. The van der Waals surface area contributed by atoms with Crippen LogP contribution in [-0.4, -0.2) is 49.3 Å². The van der Waals surface area contributed by atoms with E-state index in [0.717, 1.165) is 11.6 Å². The van der Waals surface area contributed by atoms with Gasteiger partial charge in [0.05, 0.1) is 20.3 Å². The summed E-state index contributed by atoms with van der Waals surface area (Å²) in [5.41, 5.74) is 16.2. The Morgan fingerprint density at radius 2 is 1.78 bits per heavy atom. The summed E-state index contributed by atoms with van der Waals surface area (Å²) in [5, 5.41) is 12.8. The Morgan fingerprint density at radius 3 is 2.49 bits per heavy atom. The van der Waals surface area contributed by atoms with Gasteiger partial charge >= 0.3 is 0 Å². The van der Waals surface area contributed by atoms with Crippen LogP contribution in [0.5, 0.6) is 11.5 Å². The summed E-state index contributed by atoms with van der Waals surface area (Å²) in [6, 6.07) is 24.8. The second-order valence-electron chi connectivity index (χ2n) is 11.3. The van der Waals surface area contributed by atoms with Crippen molar-refractivity contribution in [1.29, 1.82) is 0 Å². The van der Waals surface area contributed by atoms with Gasteiger partial charge in [-0.3, -0.25) is 10.2 Å². The molecule has 0 bridgehead atoms. The van der Waals surface area contributed by atoms with Gasteiger partial charge in [-0.05, 0) is 82.7 Å². The summed E-state index contributed by atoms with van der Waals surface area (Å²) in [7, 11) is 1.54. The number of carbonyl (C=O) groups excluding carboxylic acids is 1. The summed E-state index contributed by atoms with van der Waals surface area (Å²) < 4.78 is 45.3. The first kappa shape index (κ1) is 34.8. The van der Waals surface area contributed by atoms with E-state index >= 15 is 0 Å². The molecule has 1 aliphatic rings. The number of aliphatic hydroxyl groups excluding tert-OH is 1. The lowest BCUT2D eigenvalue weighted by atomic mass is 9.81. The standard InChI is InChI=1S/C36H36F2N6O5/c1-47-32-9-4-8-26(20-32)33-36(22-27-6-2-3-7-28(27)23-41-44-39,35(46)43-40-15-14-24-18-29(37)21-30(38)19-24)42-34(49-33)25-10-12-31(13-11-25)48-17-5-16-45/h2-4,6-13,18-21,33,40,45H,5,14-17,22-23H2,1H3,(H,43,46)/t33-,36-/m0/s1. The van der Waals surface area contributed by atoms with Crippen molar-refractivity contribution in [3.8, 4) is 11.5 Å². The second kappa shape index (κ2) is 16.6.